The van der Waals surface area contributed by atoms with Gasteiger partial charge in [-0.2, -0.15) is 0 Å². The minimum absolute atomic E-state index is 0.191. The molecule has 0 spiro atoms. The summed E-state index contributed by atoms with van der Waals surface area (Å²) < 4.78 is 22.1. The predicted octanol–water partition coefficient (Wildman–Crippen LogP) is 4.32. The van der Waals surface area contributed by atoms with Gasteiger partial charge in [-0.3, -0.25) is 14.9 Å². The first-order valence-electron chi connectivity index (χ1n) is 10.8. The van der Waals surface area contributed by atoms with Gasteiger partial charge in [0.1, 0.15) is 12.2 Å². The second-order valence-electron chi connectivity index (χ2n) is 7.82. The number of methoxy groups -OCH3 is 1. The summed E-state index contributed by atoms with van der Waals surface area (Å²) in [6.45, 7) is 0.447. The summed E-state index contributed by atoms with van der Waals surface area (Å²) in [4.78, 5) is 38.8. The van der Waals surface area contributed by atoms with Crippen molar-refractivity contribution >= 4 is 41.2 Å². The highest BCUT2D eigenvalue weighted by atomic mass is 35.5. The van der Waals surface area contributed by atoms with Gasteiger partial charge in [-0.1, -0.05) is 23.7 Å². The molecule has 0 bridgehead atoms. The van der Waals surface area contributed by atoms with Crippen molar-refractivity contribution in [3.05, 3.63) is 82.4 Å². The molecule has 2 aliphatic rings. The first-order chi connectivity index (χ1) is 17.4. The van der Waals surface area contributed by atoms with Gasteiger partial charge in [-0.15, -0.1) is 0 Å². The van der Waals surface area contributed by atoms with Gasteiger partial charge >= 0.3 is 6.03 Å². The number of benzene rings is 3. The third-order valence-corrected chi connectivity index (χ3v) is 5.77. The van der Waals surface area contributed by atoms with Crippen LogP contribution in [0.25, 0.3) is 6.08 Å². The van der Waals surface area contributed by atoms with Crippen molar-refractivity contribution in [3.8, 4) is 23.0 Å². The first-order valence-corrected chi connectivity index (χ1v) is 11.2. The molecule has 10 heteroatoms. The highest BCUT2D eigenvalue weighted by Crippen LogP contribution is 2.34. The maximum Gasteiger partial charge on any atom is 0.335 e. The van der Waals surface area contributed by atoms with Gasteiger partial charge in [-0.25, -0.2) is 9.69 Å². The quantitative estimate of drug-likeness (QED) is 0.392. The molecule has 1 fully saturated rings. The molecule has 0 radical (unpaired) electrons. The number of fused-ring (bicyclic) bond motifs is 1. The van der Waals surface area contributed by atoms with Crippen molar-refractivity contribution in [2.75, 3.05) is 18.8 Å². The van der Waals surface area contributed by atoms with Crippen LogP contribution < -0.4 is 29.2 Å². The fourth-order valence-electron chi connectivity index (χ4n) is 3.73. The van der Waals surface area contributed by atoms with E-state index in [0.717, 1.165) is 10.5 Å². The van der Waals surface area contributed by atoms with Crippen molar-refractivity contribution in [1.29, 1.82) is 0 Å². The largest absolute Gasteiger partial charge is 0.493 e. The van der Waals surface area contributed by atoms with E-state index in [1.54, 1.807) is 30.3 Å². The Hall–Kier alpha value is -4.50. The normalized spacial score (nSPS) is 15.8. The fraction of sp³-hybridized carbons (Fsp3) is 0.115. The number of rotatable bonds is 6. The molecular formula is C26H19ClN2O7. The molecular weight excluding hydrogens is 488 g/mol. The van der Waals surface area contributed by atoms with Crippen molar-refractivity contribution in [1.82, 2.24) is 5.32 Å². The van der Waals surface area contributed by atoms with Crippen molar-refractivity contribution in [3.63, 3.8) is 0 Å². The molecule has 0 aliphatic carbocycles. The molecule has 4 amide bonds. The van der Waals surface area contributed by atoms with E-state index >= 15 is 0 Å². The summed E-state index contributed by atoms with van der Waals surface area (Å²) in [6.07, 6.45) is 1.39. The standard InChI is InChI=1S/C26H19ClN2O7/c1-33-22-11-15(2-8-20(22)34-13-16-3-9-21-23(12-16)36-14-35-21)10-19-24(30)28-26(32)29(25(19)31)18-6-4-17(27)5-7-18/h2-12H,13-14H2,1H3,(H,28,30,32)/b19-10+. The molecule has 5 rings (SSSR count). The van der Waals surface area contributed by atoms with Crippen LogP contribution in [-0.4, -0.2) is 31.7 Å². The van der Waals surface area contributed by atoms with Gasteiger partial charge in [0.15, 0.2) is 23.0 Å². The van der Waals surface area contributed by atoms with Gasteiger partial charge in [-0.05, 0) is 65.7 Å². The monoisotopic (exact) mass is 506 g/mol. The smallest absolute Gasteiger partial charge is 0.335 e. The molecule has 9 nitrogen and oxygen atoms in total. The zero-order chi connectivity index (χ0) is 25.2. The Morgan fingerprint density at radius 2 is 1.75 bits per heavy atom. The Kier molecular flexibility index (Phi) is 6.22. The zero-order valence-corrected chi connectivity index (χ0v) is 19.7. The van der Waals surface area contributed by atoms with Crippen LogP contribution in [0, 0.1) is 0 Å². The van der Waals surface area contributed by atoms with Crippen LogP contribution in [0.4, 0.5) is 10.5 Å². The summed E-state index contributed by atoms with van der Waals surface area (Å²) in [5, 5.41) is 2.64. The Morgan fingerprint density at radius 1 is 0.972 bits per heavy atom. The van der Waals surface area contributed by atoms with E-state index in [9.17, 15) is 14.4 Å². The number of nitrogens with one attached hydrogen (secondary N) is 1. The SMILES string of the molecule is COc1cc(/C=C2\C(=O)NC(=O)N(c3ccc(Cl)cc3)C2=O)ccc1OCc1ccc2c(c1)OCO2. The topological polar surface area (TPSA) is 103 Å². The van der Waals surface area contributed by atoms with Gasteiger partial charge in [0.05, 0.1) is 12.8 Å². The van der Waals surface area contributed by atoms with E-state index < -0.39 is 17.8 Å². The summed E-state index contributed by atoms with van der Waals surface area (Å²) in [5.41, 5.74) is 1.46. The number of halogens is 1. The predicted molar refractivity (Wildman–Crippen MR) is 130 cm³/mol. The van der Waals surface area contributed by atoms with Gasteiger partial charge in [0.2, 0.25) is 6.79 Å². The average molecular weight is 507 g/mol. The van der Waals surface area contributed by atoms with Crippen molar-refractivity contribution in [2.24, 2.45) is 0 Å². The number of urea groups is 1. The number of ether oxygens (including phenoxy) is 4. The summed E-state index contributed by atoms with van der Waals surface area (Å²) in [7, 11) is 1.49. The fourth-order valence-corrected chi connectivity index (χ4v) is 3.86. The molecule has 0 unspecified atom stereocenters. The van der Waals surface area contributed by atoms with Crippen LogP contribution in [0.5, 0.6) is 23.0 Å². The number of imide groups is 2. The third-order valence-electron chi connectivity index (χ3n) is 5.52. The number of nitrogens with zero attached hydrogens (tertiary/aromatic N) is 1. The molecule has 3 aromatic carbocycles. The number of amides is 4. The van der Waals surface area contributed by atoms with Gasteiger partial charge < -0.3 is 18.9 Å². The number of barbiturate groups is 1. The lowest BCUT2D eigenvalue weighted by molar-refractivity contribution is -0.122. The summed E-state index contributed by atoms with van der Waals surface area (Å²) >= 11 is 5.90. The summed E-state index contributed by atoms with van der Waals surface area (Å²) in [5.74, 6) is 0.664. The Bertz CT molecular complexity index is 1400. The first kappa shape index (κ1) is 23.3. The van der Waals surface area contributed by atoms with Crippen molar-refractivity contribution < 1.29 is 33.3 Å². The Balaban J connectivity index is 1.37. The van der Waals surface area contributed by atoms with Gasteiger partial charge in [0, 0.05) is 5.02 Å². The average Bonchev–Trinajstić information content (AvgIpc) is 3.34. The van der Waals surface area contributed by atoms with Crippen LogP contribution in [-0.2, 0) is 16.2 Å². The van der Waals surface area contributed by atoms with Crippen LogP contribution in [0.3, 0.4) is 0 Å². The molecule has 1 N–H and O–H groups in total. The summed E-state index contributed by atoms with van der Waals surface area (Å²) in [6, 6.07) is 15.8. The number of hydrogen-bond acceptors (Lipinski definition) is 7. The maximum absolute atomic E-state index is 13.1. The number of carbonyl (C=O) groups excluding carboxylic acids is 3. The number of hydrogen-bond donors (Lipinski definition) is 1. The van der Waals surface area contributed by atoms with E-state index in [1.807, 2.05) is 18.2 Å². The molecule has 0 saturated carbocycles. The molecule has 2 heterocycles. The van der Waals surface area contributed by atoms with E-state index in [0.29, 0.717) is 33.6 Å². The second-order valence-corrected chi connectivity index (χ2v) is 8.26. The molecule has 1 saturated heterocycles. The number of anilines is 1. The van der Waals surface area contributed by atoms with E-state index in [-0.39, 0.29) is 24.7 Å². The highest BCUT2D eigenvalue weighted by molar-refractivity contribution is 6.39. The third kappa shape index (κ3) is 4.56. The van der Waals surface area contributed by atoms with Gasteiger partial charge in [0.25, 0.3) is 11.8 Å². The lowest BCUT2D eigenvalue weighted by Crippen LogP contribution is -2.54. The lowest BCUT2D eigenvalue weighted by atomic mass is 10.1. The Labute approximate surface area is 210 Å². The molecule has 36 heavy (non-hydrogen) atoms. The Morgan fingerprint density at radius 3 is 2.53 bits per heavy atom. The molecule has 0 atom stereocenters. The van der Waals surface area contributed by atoms with E-state index in [4.69, 9.17) is 30.5 Å². The molecule has 2 aliphatic heterocycles. The molecule has 182 valence electrons. The highest BCUT2D eigenvalue weighted by Gasteiger charge is 2.36. The minimum atomic E-state index is -0.839. The van der Waals surface area contributed by atoms with Crippen LogP contribution in [0.2, 0.25) is 5.02 Å². The van der Waals surface area contributed by atoms with E-state index in [1.165, 1.54) is 25.3 Å². The molecule has 3 aromatic rings. The number of carbonyl (C=O) groups is 3. The van der Waals surface area contributed by atoms with Crippen molar-refractivity contribution in [2.45, 2.75) is 6.61 Å². The lowest BCUT2D eigenvalue weighted by Gasteiger charge is -2.26. The minimum Gasteiger partial charge on any atom is -0.493 e. The molecule has 0 aromatic heterocycles. The maximum atomic E-state index is 13.1. The van der Waals surface area contributed by atoms with Crippen LogP contribution in [0.1, 0.15) is 11.1 Å². The van der Waals surface area contributed by atoms with Crippen LogP contribution in [0.15, 0.2) is 66.2 Å². The van der Waals surface area contributed by atoms with Crippen LogP contribution >= 0.6 is 11.6 Å². The second kappa shape index (κ2) is 9.63. The van der Waals surface area contributed by atoms with E-state index in [2.05, 4.69) is 5.32 Å². The zero-order valence-electron chi connectivity index (χ0n) is 18.9.